The Morgan fingerprint density at radius 1 is 1.05 bits per heavy atom. The van der Waals surface area contributed by atoms with E-state index in [-0.39, 0.29) is 18.1 Å². The van der Waals surface area contributed by atoms with Gasteiger partial charge in [-0.15, -0.1) is 0 Å². The molecule has 3 aromatic rings. The third-order valence-electron chi connectivity index (χ3n) is 7.53. The fourth-order valence-electron chi connectivity index (χ4n) is 5.50. The molecule has 0 aromatic heterocycles. The van der Waals surface area contributed by atoms with Gasteiger partial charge in [-0.2, -0.15) is 13.9 Å². The van der Waals surface area contributed by atoms with Crippen molar-refractivity contribution in [2.24, 2.45) is 5.73 Å². The second-order valence-corrected chi connectivity index (χ2v) is 10.7. The molecule has 0 saturated heterocycles. The van der Waals surface area contributed by atoms with Gasteiger partial charge in [0.25, 0.3) is 0 Å². The van der Waals surface area contributed by atoms with Gasteiger partial charge in [0, 0.05) is 5.56 Å². The predicted molar refractivity (Wildman–Crippen MR) is 150 cm³/mol. The van der Waals surface area contributed by atoms with E-state index < -0.39 is 32.7 Å². The van der Waals surface area contributed by atoms with Crippen molar-refractivity contribution in [3.8, 4) is 5.75 Å². The number of amides is 1. The molecule has 0 bridgehead atoms. The second kappa shape index (κ2) is 12.6. The Kier molecular flexibility index (Phi) is 9.19. The van der Waals surface area contributed by atoms with Crippen molar-refractivity contribution in [1.82, 2.24) is 5.48 Å². The summed E-state index contributed by atoms with van der Waals surface area (Å²) in [6, 6.07) is 21.7. The molecule has 1 amide bonds. The summed E-state index contributed by atoms with van der Waals surface area (Å²) in [5, 5.41) is 12.2. The lowest BCUT2D eigenvalue weighted by molar-refractivity contribution is 0.00807. The highest BCUT2D eigenvalue weighted by Crippen LogP contribution is 2.42. The number of ether oxygens (including phenoxy) is 1. The highest BCUT2D eigenvalue weighted by atomic mass is 32.2. The molecule has 0 aliphatic heterocycles. The summed E-state index contributed by atoms with van der Waals surface area (Å²) < 4.78 is 30.6. The minimum absolute atomic E-state index is 0.153. The topological polar surface area (TPSA) is 128 Å². The van der Waals surface area contributed by atoms with Crippen molar-refractivity contribution in [1.29, 1.82) is 0 Å². The summed E-state index contributed by atoms with van der Waals surface area (Å²) in [4.78, 5) is 17.7. The maximum absolute atomic E-state index is 12.6. The Bertz CT molecular complexity index is 1430. The standard InChI is InChI=1S/C30H34N2O6S/c1-20-25(28(31)34)13-8-14-26(20)30(19-21-9-4-3-5-10-21,22-15-17-23(37-2)18-16-22)27(33)29(39(35)36)32-38-24-11-6-7-12-24/h3-5,8-10,13-18,24,27,32-33H,6-7,11-12,19H2,1-2H3,(H2,31,34)/t27-,30-/m0/s1. The number of carbonyl (C=O) groups is 1. The van der Waals surface area contributed by atoms with Crippen molar-refractivity contribution < 1.29 is 27.9 Å². The SMILES string of the molecule is COc1ccc([C@@](Cc2ccccc2)(c2cccc(C(N)=O)c2C)[C@@H](O)C(NOC2CCCC2)=S(=O)=O)cc1. The molecular weight excluding hydrogens is 516 g/mol. The molecule has 8 nitrogen and oxygen atoms in total. The molecule has 1 aliphatic carbocycles. The van der Waals surface area contributed by atoms with Gasteiger partial charge in [0.1, 0.15) is 11.9 Å². The first-order chi connectivity index (χ1) is 18.8. The highest BCUT2D eigenvalue weighted by molar-refractivity contribution is 7.73. The van der Waals surface area contributed by atoms with E-state index in [0.717, 1.165) is 31.2 Å². The monoisotopic (exact) mass is 550 g/mol. The number of rotatable bonds is 10. The molecule has 39 heavy (non-hydrogen) atoms. The van der Waals surface area contributed by atoms with E-state index in [1.165, 1.54) is 0 Å². The molecule has 0 spiro atoms. The number of carbonyl (C=O) groups excluding carboxylic acids is 1. The van der Waals surface area contributed by atoms with Gasteiger partial charge in [-0.3, -0.25) is 9.63 Å². The largest absolute Gasteiger partial charge is 0.497 e. The van der Waals surface area contributed by atoms with Crippen molar-refractivity contribution in [2.45, 2.75) is 56.7 Å². The number of aliphatic hydroxyl groups is 1. The van der Waals surface area contributed by atoms with Gasteiger partial charge in [-0.25, -0.2) is 0 Å². The van der Waals surface area contributed by atoms with Crippen LogP contribution in [-0.2, 0) is 27.0 Å². The molecule has 0 heterocycles. The van der Waals surface area contributed by atoms with Gasteiger partial charge in [0.2, 0.25) is 16.2 Å². The van der Waals surface area contributed by atoms with Crippen molar-refractivity contribution in [2.75, 3.05) is 7.11 Å². The van der Waals surface area contributed by atoms with Crippen LogP contribution in [0.25, 0.3) is 0 Å². The molecule has 0 unspecified atom stereocenters. The molecule has 2 atom stereocenters. The molecule has 4 N–H and O–H groups in total. The number of aliphatic hydroxyl groups excluding tert-OH is 1. The lowest BCUT2D eigenvalue weighted by Crippen LogP contribution is -2.52. The van der Waals surface area contributed by atoms with E-state index >= 15 is 0 Å². The van der Waals surface area contributed by atoms with E-state index in [9.17, 15) is 18.3 Å². The fraction of sp³-hybridized carbons (Fsp3) is 0.333. The molecule has 1 saturated carbocycles. The van der Waals surface area contributed by atoms with E-state index in [1.54, 1.807) is 56.5 Å². The van der Waals surface area contributed by atoms with Crippen molar-refractivity contribution in [3.63, 3.8) is 0 Å². The summed E-state index contributed by atoms with van der Waals surface area (Å²) in [6.07, 6.45) is 2.02. The molecular formula is C30H34N2O6S. The number of methoxy groups -OCH3 is 1. The van der Waals surface area contributed by atoms with Crippen LogP contribution in [0.15, 0.2) is 72.8 Å². The lowest BCUT2D eigenvalue weighted by atomic mass is 9.65. The van der Waals surface area contributed by atoms with Crippen LogP contribution in [0.3, 0.4) is 0 Å². The number of nitrogens with two attached hydrogens (primary N) is 1. The maximum atomic E-state index is 12.6. The smallest absolute Gasteiger partial charge is 0.248 e. The molecule has 4 rings (SSSR count). The van der Waals surface area contributed by atoms with Gasteiger partial charge in [-0.1, -0.05) is 67.4 Å². The van der Waals surface area contributed by atoms with Gasteiger partial charge < -0.3 is 15.6 Å². The van der Waals surface area contributed by atoms with E-state index in [2.05, 4.69) is 5.48 Å². The van der Waals surface area contributed by atoms with Gasteiger partial charge in [0.15, 0.2) is 4.99 Å². The van der Waals surface area contributed by atoms with Crippen LogP contribution >= 0.6 is 0 Å². The Labute approximate surface area is 230 Å². The zero-order chi connectivity index (χ0) is 28.0. The highest BCUT2D eigenvalue weighted by Gasteiger charge is 2.46. The average molecular weight is 551 g/mol. The first-order valence-corrected chi connectivity index (χ1v) is 14.0. The quantitative estimate of drug-likeness (QED) is 0.261. The summed E-state index contributed by atoms with van der Waals surface area (Å²) in [5.41, 5.74) is 9.80. The summed E-state index contributed by atoms with van der Waals surface area (Å²) in [7, 11) is -1.29. The summed E-state index contributed by atoms with van der Waals surface area (Å²) in [6.45, 7) is 1.75. The Balaban J connectivity index is 1.98. The second-order valence-electron chi connectivity index (χ2n) is 9.83. The van der Waals surface area contributed by atoms with Crippen LogP contribution in [0.1, 0.15) is 58.3 Å². The molecule has 206 valence electrons. The van der Waals surface area contributed by atoms with Crippen LogP contribution in [0.2, 0.25) is 0 Å². The fourth-order valence-corrected chi connectivity index (χ4v) is 6.00. The normalized spacial score (nSPS) is 15.9. The zero-order valence-electron chi connectivity index (χ0n) is 22.1. The van der Waals surface area contributed by atoms with Crippen LogP contribution in [0.5, 0.6) is 5.75 Å². The number of hydrogen-bond acceptors (Lipinski definition) is 6. The summed E-state index contributed by atoms with van der Waals surface area (Å²) >= 11 is 0. The number of hydroxylamine groups is 1. The van der Waals surface area contributed by atoms with Crippen LogP contribution in [0.4, 0.5) is 0 Å². The van der Waals surface area contributed by atoms with Crippen LogP contribution < -0.4 is 16.0 Å². The Morgan fingerprint density at radius 2 is 1.72 bits per heavy atom. The third-order valence-corrected chi connectivity index (χ3v) is 8.20. The zero-order valence-corrected chi connectivity index (χ0v) is 22.9. The van der Waals surface area contributed by atoms with E-state index in [4.69, 9.17) is 15.3 Å². The predicted octanol–water partition coefficient (Wildman–Crippen LogP) is 3.47. The number of benzene rings is 3. The van der Waals surface area contributed by atoms with Crippen LogP contribution in [0, 0.1) is 6.92 Å². The van der Waals surface area contributed by atoms with Crippen molar-refractivity contribution in [3.05, 3.63) is 101 Å². The molecule has 3 aromatic carbocycles. The van der Waals surface area contributed by atoms with E-state index in [1.807, 2.05) is 30.3 Å². The first kappa shape index (κ1) is 28.5. The van der Waals surface area contributed by atoms with Gasteiger partial charge in [-0.05, 0) is 66.6 Å². The van der Waals surface area contributed by atoms with Crippen LogP contribution in [-0.4, -0.2) is 43.7 Å². The van der Waals surface area contributed by atoms with Gasteiger partial charge in [0.05, 0.1) is 18.6 Å². The Hall–Kier alpha value is -3.50. The number of nitrogens with one attached hydrogen (secondary N) is 1. The number of primary amides is 1. The average Bonchev–Trinajstić information content (AvgIpc) is 3.46. The molecule has 0 radical (unpaired) electrons. The molecule has 1 fully saturated rings. The first-order valence-electron chi connectivity index (χ1n) is 12.9. The minimum atomic E-state index is -2.85. The Morgan fingerprint density at radius 3 is 2.31 bits per heavy atom. The minimum Gasteiger partial charge on any atom is -0.497 e. The summed E-state index contributed by atoms with van der Waals surface area (Å²) in [5.74, 6) is -0.0183. The lowest BCUT2D eigenvalue weighted by Gasteiger charge is -2.41. The number of hydrogen-bond donors (Lipinski definition) is 3. The molecule has 1 aliphatic rings. The molecule has 9 heteroatoms. The van der Waals surface area contributed by atoms with Crippen molar-refractivity contribution >= 4 is 21.2 Å². The van der Waals surface area contributed by atoms with Gasteiger partial charge >= 0.3 is 0 Å². The third kappa shape index (κ3) is 6.07. The van der Waals surface area contributed by atoms with E-state index in [0.29, 0.717) is 22.4 Å². The maximum Gasteiger partial charge on any atom is 0.248 e.